The monoisotopic (exact) mass is 336 g/mol. The summed E-state index contributed by atoms with van der Waals surface area (Å²) < 4.78 is 10.9. The summed E-state index contributed by atoms with van der Waals surface area (Å²) in [5.41, 5.74) is -0.472. The van der Waals surface area contributed by atoms with E-state index < -0.39 is 5.60 Å². The Morgan fingerprint density at radius 3 is 2.71 bits per heavy atom. The molecule has 0 spiro atoms. The Morgan fingerprint density at radius 1 is 1.38 bits per heavy atom. The van der Waals surface area contributed by atoms with E-state index >= 15 is 0 Å². The number of carbonyl (C=O) groups excluding carboxylic acids is 1. The zero-order valence-corrected chi connectivity index (χ0v) is 15.3. The average Bonchev–Trinajstić information content (AvgIpc) is 3.04. The molecular weight excluding hydrogens is 308 g/mol. The third-order valence-corrected chi connectivity index (χ3v) is 4.73. The van der Waals surface area contributed by atoms with Gasteiger partial charge in [-0.2, -0.15) is 4.98 Å². The first-order valence-corrected chi connectivity index (χ1v) is 8.78. The molecule has 24 heavy (non-hydrogen) atoms. The molecule has 2 fully saturated rings. The Labute approximate surface area is 143 Å². The van der Waals surface area contributed by atoms with Gasteiger partial charge in [-0.25, -0.2) is 4.79 Å². The lowest BCUT2D eigenvalue weighted by Gasteiger charge is -2.29. The Bertz CT molecular complexity index is 591. The van der Waals surface area contributed by atoms with Crippen LogP contribution in [0.1, 0.15) is 70.6 Å². The van der Waals surface area contributed by atoms with E-state index in [0.29, 0.717) is 11.8 Å². The van der Waals surface area contributed by atoms with Crippen molar-refractivity contribution in [2.75, 3.05) is 20.1 Å². The molecule has 2 atom stereocenters. The Kier molecular flexibility index (Phi) is 4.55. The highest BCUT2D eigenvalue weighted by atomic mass is 16.6. The van der Waals surface area contributed by atoms with Crippen LogP contribution in [0.2, 0.25) is 0 Å². The lowest BCUT2D eigenvalue weighted by molar-refractivity contribution is 0.0224. The summed E-state index contributed by atoms with van der Waals surface area (Å²) in [5, 5.41) is 4.10. The van der Waals surface area contributed by atoms with Crippen LogP contribution in [0.25, 0.3) is 0 Å². The third-order valence-electron chi connectivity index (χ3n) is 4.73. The van der Waals surface area contributed by atoms with Crippen LogP contribution >= 0.6 is 0 Å². The second-order valence-corrected chi connectivity index (χ2v) is 7.97. The summed E-state index contributed by atoms with van der Waals surface area (Å²) in [6.07, 6.45) is 2.99. The fraction of sp³-hybridized carbons (Fsp3) is 0.824. The van der Waals surface area contributed by atoms with E-state index in [-0.39, 0.29) is 18.2 Å². The summed E-state index contributed by atoms with van der Waals surface area (Å²) in [5.74, 6) is 2.02. The van der Waals surface area contributed by atoms with Gasteiger partial charge in [-0.15, -0.1) is 0 Å². The highest BCUT2D eigenvalue weighted by Gasteiger charge is 2.35. The van der Waals surface area contributed by atoms with Crippen molar-refractivity contribution in [1.82, 2.24) is 19.9 Å². The van der Waals surface area contributed by atoms with Crippen LogP contribution in [-0.4, -0.2) is 57.8 Å². The minimum absolute atomic E-state index is 0.0713. The number of likely N-dealkylation sites (N-methyl/N-ethyl adjacent to an activating group) is 1. The molecule has 1 aliphatic heterocycles. The maximum Gasteiger partial charge on any atom is 0.410 e. The third kappa shape index (κ3) is 3.88. The zero-order chi connectivity index (χ0) is 17.5. The second kappa shape index (κ2) is 6.35. The van der Waals surface area contributed by atoms with Crippen molar-refractivity contribution in [1.29, 1.82) is 0 Å². The molecule has 3 rings (SSSR count). The number of hydrogen-bond donors (Lipinski definition) is 0. The van der Waals surface area contributed by atoms with Gasteiger partial charge in [0.05, 0.1) is 6.04 Å². The predicted octanol–water partition coefficient (Wildman–Crippen LogP) is 2.95. The van der Waals surface area contributed by atoms with Gasteiger partial charge in [-0.1, -0.05) is 5.16 Å². The van der Waals surface area contributed by atoms with Gasteiger partial charge in [-0.05, 0) is 47.0 Å². The van der Waals surface area contributed by atoms with Crippen LogP contribution in [0.4, 0.5) is 4.79 Å². The largest absolute Gasteiger partial charge is 0.444 e. The number of nitrogens with zero attached hydrogens (tertiary/aromatic N) is 4. The van der Waals surface area contributed by atoms with Gasteiger partial charge in [0.25, 0.3) is 0 Å². The van der Waals surface area contributed by atoms with Crippen LogP contribution in [-0.2, 0) is 4.74 Å². The van der Waals surface area contributed by atoms with Gasteiger partial charge in [0, 0.05) is 32.1 Å². The van der Waals surface area contributed by atoms with Gasteiger partial charge in [-0.3, -0.25) is 4.90 Å². The number of hydrogen-bond acceptors (Lipinski definition) is 6. The molecule has 134 valence electrons. The van der Waals surface area contributed by atoms with Crippen molar-refractivity contribution >= 4 is 6.09 Å². The minimum Gasteiger partial charge on any atom is -0.444 e. The van der Waals surface area contributed by atoms with Crippen molar-refractivity contribution in [2.24, 2.45) is 0 Å². The molecular formula is C17H28N4O3. The lowest BCUT2D eigenvalue weighted by atomic mass is 10.2. The van der Waals surface area contributed by atoms with E-state index in [4.69, 9.17) is 9.26 Å². The fourth-order valence-corrected chi connectivity index (χ4v) is 3.00. The molecule has 7 nitrogen and oxygen atoms in total. The fourth-order valence-electron chi connectivity index (χ4n) is 3.00. The van der Waals surface area contributed by atoms with Gasteiger partial charge < -0.3 is 14.2 Å². The molecule has 0 aromatic carbocycles. The number of rotatable bonds is 4. The molecule has 1 saturated carbocycles. The van der Waals surface area contributed by atoms with Crippen LogP contribution in [0.5, 0.6) is 0 Å². The maximum atomic E-state index is 12.2. The van der Waals surface area contributed by atoms with Crippen molar-refractivity contribution in [3.63, 3.8) is 0 Å². The molecule has 0 bridgehead atoms. The first-order valence-electron chi connectivity index (χ1n) is 8.78. The zero-order valence-electron chi connectivity index (χ0n) is 15.3. The van der Waals surface area contributed by atoms with Crippen molar-refractivity contribution in [3.05, 3.63) is 11.7 Å². The Morgan fingerprint density at radius 2 is 2.08 bits per heavy atom. The van der Waals surface area contributed by atoms with E-state index in [1.165, 1.54) is 12.8 Å². The summed E-state index contributed by atoms with van der Waals surface area (Å²) in [6.45, 7) is 9.43. The normalized spacial score (nSPS) is 23.3. The van der Waals surface area contributed by atoms with E-state index in [2.05, 4.69) is 22.0 Å². The van der Waals surface area contributed by atoms with E-state index in [9.17, 15) is 4.79 Å². The van der Waals surface area contributed by atoms with Crippen LogP contribution in [0, 0.1) is 0 Å². The molecule has 2 aliphatic rings. The number of likely N-dealkylation sites (tertiary alicyclic amines) is 1. The molecule has 1 saturated heterocycles. The van der Waals surface area contributed by atoms with Crippen molar-refractivity contribution < 1.29 is 14.1 Å². The van der Waals surface area contributed by atoms with Gasteiger partial charge in [0.15, 0.2) is 5.82 Å². The maximum absolute atomic E-state index is 12.2. The van der Waals surface area contributed by atoms with Crippen LogP contribution in [0.3, 0.4) is 0 Å². The SMILES string of the molecule is C[C@H](c1nc(C2CC2)no1)N1CC[C@H](N(C)C(=O)OC(C)(C)C)C1. The average molecular weight is 336 g/mol. The molecule has 7 heteroatoms. The number of amides is 1. The second-order valence-electron chi connectivity index (χ2n) is 7.97. The summed E-state index contributed by atoms with van der Waals surface area (Å²) in [4.78, 5) is 20.8. The van der Waals surface area contributed by atoms with E-state index in [0.717, 1.165) is 25.3 Å². The first-order chi connectivity index (χ1) is 11.2. The molecule has 2 heterocycles. The van der Waals surface area contributed by atoms with Gasteiger partial charge in [0.1, 0.15) is 5.60 Å². The highest BCUT2D eigenvalue weighted by Crippen LogP contribution is 2.38. The van der Waals surface area contributed by atoms with Crippen LogP contribution in [0.15, 0.2) is 4.52 Å². The first kappa shape index (κ1) is 17.2. The number of aromatic nitrogens is 2. The Hall–Kier alpha value is -1.63. The molecule has 1 aromatic rings. The topological polar surface area (TPSA) is 71.7 Å². The number of ether oxygens (including phenoxy) is 1. The molecule has 1 aliphatic carbocycles. The standard InChI is InChI=1S/C17H28N4O3/c1-11(15-18-14(19-24-15)12-6-7-12)21-9-8-13(10-21)20(5)16(22)23-17(2,3)4/h11-13H,6-10H2,1-5H3/t11-,13+/m1/s1. The number of carbonyl (C=O) groups is 1. The highest BCUT2D eigenvalue weighted by molar-refractivity contribution is 5.68. The molecule has 0 unspecified atom stereocenters. The molecule has 1 amide bonds. The minimum atomic E-state index is -0.472. The molecule has 0 N–H and O–H groups in total. The smallest absolute Gasteiger partial charge is 0.410 e. The van der Waals surface area contributed by atoms with Gasteiger partial charge in [0.2, 0.25) is 5.89 Å². The lowest BCUT2D eigenvalue weighted by Crippen LogP contribution is -2.42. The van der Waals surface area contributed by atoms with E-state index in [1.807, 2.05) is 27.8 Å². The summed E-state index contributed by atoms with van der Waals surface area (Å²) >= 11 is 0. The summed E-state index contributed by atoms with van der Waals surface area (Å²) in [6, 6.07) is 0.218. The van der Waals surface area contributed by atoms with Crippen molar-refractivity contribution in [2.45, 2.75) is 70.6 Å². The van der Waals surface area contributed by atoms with Gasteiger partial charge >= 0.3 is 6.09 Å². The molecule has 0 radical (unpaired) electrons. The van der Waals surface area contributed by atoms with E-state index in [1.54, 1.807) is 4.90 Å². The summed E-state index contributed by atoms with van der Waals surface area (Å²) in [7, 11) is 1.81. The Balaban J connectivity index is 1.56. The van der Waals surface area contributed by atoms with Crippen LogP contribution < -0.4 is 0 Å². The molecule has 1 aromatic heterocycles. The predicted molar refractivity (Wildman–Crippen MR) is 88.7 cm³/mol. The quantitative estimate of drug-likeness (QED) is 0.842. The van der Waals surface area contributed by atoms with Crippen molar-refractivity contribution in [3.8, 4) is 0 Å².